The average Bonchev–Trinajstić information content (AvgIpc) is 3.52. The fourth-order valence-corrected chi connectivity index (χ4v) is 3.03. The number of nitrogens with one attached hydrogen (secondary N) is 3. The van der Waals surface area contributed by atoms with Gasteiger partial charge in [0.2, 0.25) is 5.91 Å². The van der Waals surface area contributed by atoms with Gasteiger partial charge in [0.1, 0.15) is 6.04 Å². The number of carbonyl (C=O) groups is 2. The van der Waals surface area contributed by atoms with Gasteiger partial charge in [-0.3, -0.25) is 9.59 Å². The molecule has 0 aliphatic heterocycles. The molecule has 5 heteroatoms. The van der Waals surface area contributed by atoms with Gasteiger partial charge in [-0.2, -0.15) is 0 Å². The van der Waals surface area contributed by atoms with Crippen molar-refractivity contribution in [3.8, 4) is 0 Å². The molecule has 1 aliphatic carbocycles. The van der Waals surface area contributed by atoms with Gasteiger partial charge in [-0.25, -0.2) is 0 Å². The Kier molecular flexibility index (Phi) is 6.34. The zero-order chi connectivity index (χ0) is 20.1. The first-order valence-electron chi connectivity index (χ1n) is 10.0. The van der Waals surface area contributed by atoms with Gasteiger partial charge in [0.05, 0.1) is 0 Å². The summed E-state index contributed by atoms with van der Waals surface area (Å²) in [4.78, 5) is 24.7. The van der Waals surface area contributed by atoms with Crippen molar-refractivity contribution in [1.82, 2.24) is 5.32 Å². The molecule has 1 fully saturated rings. The molecule has 0 radical (unpaired) electrons. The molecule has 2 amide bonds. The van der Waals surface area contributed by atoms with Crippen LogP contribution in [0.3, 0.4) is 0 Å². The third kappa shape index (κ3) is 5.12. The number of para-hydroxylation sites is 1. The summed E-state index contributed by atoms with van der Waals surface area (Å²) in [5.41, 5.74) is 3.46. The number of benzene rings is 2. The number of carbonyl (C=O) groups excluding carboxylic acids is 2. The van der Waals surface area contributed by atoms with Gasteiger partial charge in [-0.05, 0) is 68.0 Å². The van der Waals surface area contributed by atoms with Gasteiger partial charge in [-0.1, -0.05) is 32.0 Å². The SMILES string of the molecule is CCC(C)c1ccccc1NC(=O)C(C)Nc1ccc(C(=O)NC2CC2)cc1. The molecule has 0 saturated heterocycles. The molecule has 3 rings (SSSR count). The number of anilines is 2. The second-order valence-electron chi connectivity index (χ2n) is 7.58. The second-order valence-corrected chi connectivity index (χ2v) is 7.58. The lowest BCUT2D eigenvalue weighted by atomic mass is 9.97. The molecule has 2 unspecified atom stereocenters. The Hall–Kier alpha value is -2.82. The van der Waals surface area contributed by atoms with Crippen LogP contribution in [0.2, 0.25) is 0 Å². The van der Waals surface area contributed by atoms with Gasteiger partial charge >= 0.3 is 0 Å². The molecule has 148 valence electrons. The summed E-state index contributed by atoms with van der Waals surface area (Å²) in [5, 5.41) is 9.21. The molecule has 2 atom stereocenters. The van der Waals surface area contributed by atoms with Crippen LogP contribution in [0.1, 0.15) is 61.9 Å². The van der Waals surface area contributed by atoms with Crippen molar-refractivity contribution in [2.45, 2.75) is 58.0 Å². The summed E-state index contributed by atoms with van der Waals surface area (Å²) in [6.45, 7) is 6.13. The van der Waals surface area contributed by atoms with Crippen molar-refractivity contribution in [3.05, 3.63) is 59.7 Å². The van der Waals surface area contributed by atoms with E-state index in [1.807, 2.05) is 37.3 Å². The zero-order valence-electron chi connectivity index (χ0n) is 16.8. The molecular weight excluding hydrogens is 350 g/mol. The van der Waals surface area contributed by atoms with E-state index in [0.29, 0.717) is 17.5 Å². The summed E-state index contributed by atoms with van der Waals surface area (Å²) in [6, 6.07) is 15.1. The number of rotatable bonds is 8. The molecule has 0 heterocycles. The Labute approximate surface area is 166 Å². The molecule has 0 spiro atoms. The second kappa shape index (κ2) is 8.91. The molecule has 0 aromatic heterocycles. The van der Waals surface area contributed by atoms with Gasteiger partial charge in [0.25, 0.3) is 5.91 Å². The van der Waals surface area contributed by atoms with Crippen molar-refractivity contribution < 1.29 is 9.59 Å². The maximum atomic E-state index is 12.6. The molecule has 0 bridgehead atoms. The Morgan fingerprint density at radius 1 is 1.04 bits per heavy atom. The molecule has 1 aliphatic rings. The highest BCUT2D eigenvalue weighted by atomic mass is 16.2. The smallest absolute Gasteiger partial charge is 0.251 e. The Balaban J connectivity index is 1.59. The van der Waals surface area contributed by atoms with Crippen LogP contribution in [-0.4, -0.2) is 23.9 Å². The summed E-state index contributed by atoms with van der Waals surface area (Å²) in [7, 11) is 0. The quantitative estimate of drug-likeness (QED) is 0.631. The van der Waals surface area contributed by atoms with Crippen molar-refractivity contribution in [2.24, 2.45) is 0 Å². The molecule has 2 aromatic carbocycles. The Morgan fingerprint density at radius 3 is 2.36 bits per heavy atom. The van der Waals surface area contributed by atoms with Crippen molar-refractivity contribution in [2.75, 3.05) is 10.6 Å². The molecule has 5 nitrogen and oxygen atoms in total. The van der Waals surface area contributed by atoms with Gasteiger partial charge in [-0.15, -0.1) is 0 Å². The van der Waals surface area contributed by atoms with Crippen LogP contribution in [0.15, 0.2) is 48.5 Å². The fourth-order valence-electron chi connectivity index (χ4n) is 3.03. The predicted octanol–water partition coefficient (Wildman–Crippen LogP) is 4.53. The Morgan fingerprint density at radius 2 is 1.71 bits per heavy atom. The van der Waals surface area contributed by atoms with Crippen molar-refractivity contribution in [3.63, 3.8) is 0 Å². The van der Waals surface area contributed by atoms with E-state index in [1.165, 1.54) is 0 Å². The molecule has 2 aromatic rings. The summed E-state index contributed by atoms with van der Waals surface area (Å²) >= 11 is 0. The highest BCUT2D eigenvalue weighted by Crippen LogP contribution is 2.26. The minimum absolute atomic E-state index is 0.0403. The van der Waals surface area contributed by atoms with Crippen LogP contribution in [0.4, 0.5) is 11.4 Å². The number of hydrogen-bond donors (Lipinski definition) is 3. The topological polar surface area (TPSA) is 70.2 Å². The minimum Gasteiger partial charge on any atom is -0.374 e. The maximum Gasteiger partial charge on any atom is 0.251 e. The molecular formula is C23H29N3O2. The third-order valence-corrected chi connectivity index (χ3v) is 5.20. The van der Waals surface area contributed by atoms with Crippen LogP contribution in [-0.2, 0) is 4.79 Å². The zero-order valence-corrected chi connectivity index (χ0v) is 16.8. The highest BCUT2D eigenvalue weighted by molar-refractivity contribution is 5.97. The normalized spacial score (nSPS) is 15.4. The highest BCUT2D eigenvalue weighted by Gasteiger charge is 2.23. The minimum atomic E-state index is -0.406. The first kappa shape index (κ1) is 19.9. The molecule has 1 saturated carbocycles. The van der Waals surface area contributed by atoms with Gasteiger partial charge in [0, 0.05) is 23.0 Å². The first-order chi connectivity index (χ1) is 13.5. The van der Waals surface area contributed by atoms with Crippen molar-refractivity contribution >= 4 is 23.2 Å². The third-order valence-electron chi connectivity index (χ3n) is 5.20. The van der Waals surface area contributed by atoms with Crippen LogP contribution in [0.25, 0.3) is 0 Å². The predicted molar refractivity (Wildman–Crippen MR) is 114 cm³/mol. The number of amides is 2. The lowest BCUT2D eigenvalue weighted by Gasteiger charge is -2.19. The van der Waals surface area contributed by atoms with Crippen LogP contribution in [0.5, 0.6) is 0 Å². The van der Waals surface area contributed by atoms with Crippen LogP contribution >= 0.6 is 0 Å². The van der Waals surface area contributed by atoms with Crippen LogP contribution in [0, 0.1) is 0 Å². The van der Waals surface area contributed by atoms with E-state index in [9.17, 15) is 9.59 Å². The van der Waals surface area contributed by atoms with E-state index in [-0.39, 0.29) is 11.8 Å². The van der Waals surface area contributed by atoms with Crippen LogP contribution < -0.4 is 16.0 Å². The molecule has 28 heavy (non-hydrogen) atoms. The van der Waals surface area contributed by atoms with Crippen molar-refractivity contribution in [1.29, 1.82) is 0 Å². The lowest BCUT2D eigenvalue weighted by molar-refractivity contribution is -0.116. The largest absolute Gasteiger partial charge is 0.374 e. The van der Waals surface area contributed by atoms with E-state index < -0.39 is 6.04 Å². The van der Waals surface area contributed by atoms with Gasteiger partial charge in [0.15, 0.2) is 0 Å². The Bertz CT molecular complexity index is 828. The van der Waals surface area contributed by atoms with E-state index >= 15 is 0 Å². The molecule has 3 N–H and O–H groups in total. The standard InChI is InChI=1S/C23H29N3O2/c1-4-15(2)20-7-5-6-8-21(20)26-22(27)16(3)24-18-11-9-17(10-12-18)23(28)25-19-13-14-19/h5-12,15-16,19,24H,4,13-14H2,1-3H3,(H,25,28)(H,26,27). The number of hydrogen-bond acceptors (Lipinski definition) is 3. The summed E-state index contributed by atoms with van der Waals surface area (Å²) in [5.74, 6) is 0.252. The maximum absolute atomic E-state index is 12.6. The van der Waals surface area contributed by atoms with Gasteiger partial charge < -0.3 is 16.0 Å². The fraction of sp³-hybridized carbons (Fsp3) is 0.391. The summed E-state index contributed by atoms with van der Waals surface area (Å²) in [6.07, 6.45) is 3.15. The van der Waals surface area contributed by atoms with E-state index in [1.54, 1.807) is 12.1 Å². The average molecular weight is 380 g/mol. The van der Waals surface area contributed by atoms with E-state index in [4.69, 9.17) is 0 Å². The first-order valence-corrected chi connectivity index (χ1v) is 10.0. The van der Waals surface area contributed by atoms with E-state index in [0.717, 1.165) is 36.2 Å². The monoisotopic (exact) mass is 379 g/mol. The summed E-state index contributed by atoms with van der Waals surface area (Å²) < 4.78 is 0. The lowest BCUT2D eigenvalue weighted by Crippen LogP contribution is -2.32. The van der Waals surface area contributed by atoms with E-state index in [2.05, 4.69) is 35.9 Å².